The Morgan fingerprint density at radius 3 is 2.77 bits per heavy atom. The highest BCUT2D eigenvalue weighted by molar-refractivity contribution is 5.90. The van der Waals surface area contributed by atoms with E-state index in [0.29, 0.717) is 26.1 Å². The number of nitrogens with zero attached hydrogens (tertiary/aromatic N) is 4. The first-order valence-electron chi connectivity index (χ1n) is 7.13. The van der Waals surface area contributed by atoms with Crippen LogP contribution in [0.4, 0.5) is 0 Å². The molecule has 1 unspecified atom stereocenters. The molecule has 2 heterocycles. The van der Waals surface area contributed by atoms with Gasteiger partial charge in [-0.25, -0.2) is 0 Å². The average Bonchev–Trinajstić information content (AvgIpc) is 3.08. The minimum absolute atomic E-state index is 0.143. The maximum absolute atomic E-state index is 12.1. The van der Waals surface area contributed by atoms with Crippen LogP contribution in [0.3, 0.4) is 0 Å². The van der Waals surface area contributed by atoms with Gasteiger partial charge in [-0.3, -0.25) is 14.3 Å². The fourth-order valence-electron chi connectivity index (χ4n) is 2.70. The maximum atomic E-state index is 12.1. The molecule has 114 valence electrons. The lowest BCUT2D eigenvalue weighted by Gasteiger charge is -2.16. The number of rotatable bonds is 5. The van der Waals surface area contributed by atoms with Crippen molar-refractivity contribution < 1.29 is 9.59 Å². The minimum Gasteiger partial charge on any atom is -0.364 e. The Bertz CT molecular complexity index is 682. The number of amides is 2. The molecule has 2 N–H and O–H groups in total. The van der Waals surface area contributed by atoms with Crippen LogP contribution in [0, 0.1) is 5.92 Å². The molecule has 0 radical (unpaired) electrons. The molecule has 1 atom stereocenters. The van der Waals surface area contributed by atoms with Crippen molar-refractivity contribution in [1.82, 2.24) is 19.9 Å². The van der Waals surface area contributed by atoms with Crippen molar-refractivity contribution in [2.45, 2.75) is 19.5 Å². The summed E-state index contributed by atoms with van der Waals surface area (Å²) in [5.74, 6) is -0.290. The summed E-state index contributed by atoms with van der Waals surface area (Å²) in [5, 5.41) is 7.57. The van der Waals surface area contributed by atoms with E-state index in [1.807, 2.05) is 35.2 Å². The Morgan fingerprint density at radius 2 is 2.09 bits per heavy atom. The van der Waals surface area contributed by atoms with E-state index in [1.54, 1.807) is 4.68 Å². The molecule has 0 spiro atoms. The van der Waals surface area contributed by atoms with Gasteiger partial charge in [0.05, 0.1) is 6.20 Å². The number of benzene rings is 1. The van der Waals surface area contributed by atoms with E-state index in [-0.39, 0.29) is 17.5 Å². The summed E-state index contributed by atoms with van der Waals surface area (Å²) in [6.07, 6.45) is 2.01. The lowest BCUT2D eigenvalue weighted by atomic mass is 10.1. The van der Waals surface area contributed by atoms with Crippen LogP contribution in [0.1, 0.15) is 22.5 Å². The van der Waals surface area contributed by atoms with Crippen molar-refractivity contribution >= 4 is 11.8 Å². The largest absolute Gasteiger partial charge is 0.364 e. The lowest BCUT2D eigenvalue weighted by molar-refractivity contribution is -0.128. The smallest absolute Gasteiger partial charge is 0.270 e. The second-order valence-electron chi connectivity index (χ2n) is 5.52. The molecule has 0 aliphatic carbocycles. The van der Waals surface area contributed by atoms with Crippen molar-refractivity contribution in [3.05, 3.63) is 47.8 Å². The molecule has 0 saturated carbocycles. The van der Waals surface area contributed by atoms with Gasteiger partial charge in [0.1, 0.15) is 0 Å². The first-order valence-corrected chi connectivity index (χ1v) is 7.13. The zero-order valence-electron chi connectivity index (χ0n) is 12.1. The van der Waals surface area contributed by atoms with Crippen LogP contribution in [0.25, 0.3) is 0 Å². The third-order valence-corrected chi connectivity index (χ3v) is 3.75. The molecule has 1 aromatic heterocycles. The Hall–Kier alpha value is -2.70. The van der Waals surface area contributed by atoms with Gasteiger partial charge in [-0.05, 0) is 5.56 Å². The first-order chi connectivity index (χ1) is 10.6. The highest BCUT2D eigenvalue weighted by Crippen LogP contribution is 2.21. The number of carbonyl (C=O) groups excluding carboxylic acids is 2. The first kappa shape index (κ1) is 14.2. The van der Waals surface area contributed by atoms with Gasteiger partial charge in [0.15, 0.2) is 5.69 Å². The topological polar surface area (TPSA) is 94.1 Å². The van der Waals surface area contributed by atoms with Gasteiger partial charge < -0.3 is 10.6 Å². The molecule has 1 aliphatic heterocycles. The zero-order chi connectivity index (χ0) is 15.5. The summed E-state index contributed by atoms with van der Waals surface area (Å²) in [5.41, 5.74) is 6.41. The third kappa shape index (κ3) is 3.13. The van der Waals surface area contributed by atoms with Gasteiger partial charge in [-0.15, -0.1) is 5.10 Å². The predicted molar refractivity (Wildman–Crippen MR) is 78.5 cm³/mol. The molecule has 3 rings (SSSR count). The molecule has 1 fully saturated rings. The van der Waals surface area contributed by atoms with Crippen molar-refractivity contribution in [2.75, 3.05) is 6.54 Å². The summed E-state index contributed by atoms with van der Waals surface area (Å²) < 4.78 is 1.57. The van der Waals surface area contributed by atoms with E-state index in [4.69, 9.17) is 5.73 Å². The van der Waals surface area contributed by atoms with E-state index < -0.39 is 5.91 Å². The fourth-order valence-corrected chi connectivity index (χ4v) is 2.70. The molecule has 2 aromatic rings. The van der Waals surface area contributed by atoms with Gasteiger partial charge >= 0.3 is 0 Å². The van der Waals surface area contributed by atoms with Crippen LogP contribution in [0.2, 0.25) is 0 Å². The molecule has 7 heteroatoms. The maximum Gasteiger partial charge on any atom is 0.270 e. The molecule has 2 amide bonds. The number of hydrogen-bond acceptors (Lipinski definition) is 4. The van der Waals surface area contributed by atoms with Gasteiger partial charge in [-0.1, -0.05) is 35.5 Å². The molecule has 0 bridgehead atoms. The summed E-state index contributed by atoms with van der Waals surface area (Å²) in [4.78, 5) is 25.0. The Morgan fingerprint density at radius 1 is 1.32 bits per heavy atom. The minimum atomic E-state index is -0.598. The van der Waals surface area contributed by atoms with Crippen molar-refractivity contribution in [2.24, 2.45) is 11.7 Å². The number of aromatic nitrogens is 3. The van der Waals surface area contributed by atoms with Crippen molar-refractivity contribution in [3.8, 4) is 0 Å². The van der Waals surface area contributed by atoms with Gasteiger partial charge in [-0.2, -0.15) is 0 Å². The normalized spacial score (nSPS) is 17.9. The third-order valence-electron chi connectivity index (χ3n) is 3.75. The van der Waals surface area contributed by atoms with Gasteiger partial charge in [0.2, 0.25) is 5.91 Å². The van der Waals surface area contributed by atoms with Crippen LogP contribution in [0.5, 0.6) is 0 Å². The van der Waals surface area contributed by atoms with E-state index in [9.17, 15) is 9.59 Å². The monoisotopic (exact) mass is 299 g/mol. The summed E-state index contributed by atoms with van der Waals surface area (Å²) in [6, 6.07) is 9.91. The Balaban J connectivity index is 1.60. The van der Waals surface area contributed by atoms with E-state index in [0.717, 1.165) is 5.56 Å². The zero-order valence-corrected chi connectivity index (χ0v) is 12.1. The van der Waals surface area contributed by atoms with Gasteiger partial charge in [0.25, 0.3) is 5.91 Å². The molecule has 1 aromatic carbocycles. The van der Waals surface area contributed by atoms with Crippen LogP contribution >= 0.6 is 0 Å². The van der Waals surface area contributed by atoms with Crippen molar-refractivity contribution in [3.63, 3.8) is 0 Å². The fraction of sp³-hybridized carbons (Fsp3) is 0.333. The summed E-state index contributed by atoms with van der Waals surface area (Å²) in [6.45, 7) is 1.86. The van der Waals surface area contributed by atoms with Crippen LogP contribution in [0.15, 0.2) is 36.5 Å². The Labute approximate surface area is 127 Å². The quantitative estimate of drug-likeness (QED) is 0.866. The van der Waals surface area contributed by atoms with Crippen molar-refractivity contribution in [1.29, 1.82) is 0 Å². The number of hydrogen-bond donors (Lipinski definition) is 1. The number of primary amides is 1. The summed E-state index contributed by atoms with van der Waals surface area (Å²) in [7, 11) is 0. The molecule has 22 heavy (non-hydrogen) atoms. The van der Waals surface area contributed by atoms with Gasteiger partial charge in [0, 0.05) is 32.0 Å². The Kier molecular flexibility index (Phi) is 3.86. The van der Waals surface area contributed by atoms with E-state index >= 15 is 0 Å². The van der Waals surface area contributed by atoms with E-state index in [2.05, 4.69) is 10.3 Å². The molecule has 1 aliphatic rings. The lowest BCUT2D eigenvalue weighted by Crippen LogP contribution is -2.25. The molecular weight excluding hydrogens is 282 g/mol. The highest BCUT2D eigenvalue weighted by Gasteiger charge is 2.30. The predicted octanol–water partition coefficient (Wildman–Crippen LogP) is 0.426. The van der Waals surface area contributed by atoms with E-state index in [1.165, 1.54) is 6.20 Å². The van der Waals surface area contributed by atoms with Crippen LogP contribution < -0.4 is 5.73 Å². The highest BCUT2D eigenvalue weighted by atomic mass is 16.2. The second kappa shape index (κ2) is 5.97. The summed E-state index contributed by atoms with van der Waals surface area (Å²) >= 11 is 0. The number of nitrogens with two attached hydrogens (primary N) is 1. The number of carbonyl (C=O) groups is 2. The molecule has 1 saturated heterocycles. The molecule has 7 nitrogen and oxygen atoms in total. The molecular formula is C15H17N5O2. The standard InChI is InChI=1S/C15H17N5O2/c16-15(22)13-10-20(18-17-13)9-12-6-14(21)19(8-12)7-11-4-2-1-3-5-11/h1-5,10,12H,6-9H2,(H2,16,22). The van der Waals surface area contributed by atoms with Crippen LogP contribution in [-0.2, 0) is 17.9 Å². The average molecular weight is 299 g/mol. The SMILES string of the molecule is NC(=O)c1cn(CC2CC(=O)N(Cc3ccccc3)C2)nn1. The van der Waals surface area contributed by atoms with Crippen LogP contribution in [-0.4, -0.2) is 38.3 Å². The number of likely N-dealkylation sites (tertiary alicyclic amines) is 1. The second-order valence-corrected chi connectivity index (χ2v) is 5.52.